The summed E-state index contributed by atoms with van der Waals surface area (Å²) >= 11 is 0. The standard InChI is InChI=1S/C17H15NO4S/c1-22-15-6-2-3-7-16(15)23(20,21)11-12-8-9-14(19)17-13(12)5-4-10-18-17/h2-10,19H,11H2,1H3. The van der Waals surface area contributed by atoms with Crippen molar-refractivity contribution in [3.8, 4) is 11.5 Å². The van der Waals surface area contributed by atoms with E-state index in [1.165, 1.54) is 19.2 Å². The Morgan fingerprint density at radius 3 is 2.65 bits per heavy atom. The van der Waals surface area contributed by atoms with E-state index in [2.05, 4.69) is 4.98 Å². The molecule has 2 aromatic carbocycles. The van der Waals surface area contributed by atoms with Crippen molar-refractivity contribution in [3.63, 3.8) is 0 Å². The molecule has 0 aliphatic rings. The molecule has 5 nitrogen and oxygen atoms in total. The van der Waals surface area contributed by atoms with Gasteiger partial charge in [0.1, 0.15) is 21.9 Å². The number of phenols is 1. The van der Waals surface area contributed by atoms with Crippen LogP contribution in [-0.4, -0.2) is 25.6 Å². The number of aromatic nitrogens is 1. The predicted molar refractivity (Wildman–Crippen MR) is 87.3 cm³/mol. The molecule has 1 aromatic heterocycles. The van der Waals surface area contributed by atoms with E-state index in [0.29, 0.717) is 22.2 Å². The van der Waals surface area contributed by atoms with Crippen LogP contribution in [0.2, 0.25) is 0 Å². The van der Waals surface area contributed by atoms with Gasteiger partial charge in [0.05, 0.1) is 12.9 Å². The molecule has 0 fully saturated rings. The summed E-state index contributed by atoms with van der Waals surface area (Å²) in [5, 5.41) is 10.5. The minimum absolute atomic E-state index is 0.0269. The molecule has 0 radical (unpaired) electrons. The molecule has 1 N–H and O–H groups in total. The van der Waals surface area contributed by atoms with E-state index < -0.39 is 9.84 Å². The van der Waals surface area contributed by atoms with Crippen LogP contribution in [0.3, 0.4) is 0 Å². The summed E-state index contributed by atoms with van der Waals surface area (Å²) < 4.78 is 30.6. The molecule has 0 amide bonds. The molecular weight excluding hydrogens is 314 g/mol. The molecule has 0 aliphatic heterocycles. The zero-order valence-corrected chi connectivity index (χ0v) is 13.2. The lowest BCUT2D eigenvalue weighted by atomic mass is 10.1. The van der Waals surface area contributed by atoms with Crippen LogP contribution in [0.1, 0.15) is 5.56 Å². The van der Waals surface area contributed by atoms with Gasteiger partial charge in [-0.2, -0.15) is 0 Å². The summed E-state index contributed by atoms with van der Waals surface area (Å²) in [6.07, 6.45) is 1.56. The second kappa shape index (κ2) is 5.89. The molecule has 3 rings (SSSR count). The Morgan fingerprint density at radius 1 is 1.09 bits per heavy atom. The number of hydrogen-bond acceptors (Lipinski definition) is 5. The van der Waals surface area contributed by atoms with Crippen molar-refractivity contribution in [2.24, 2.45) is 0 Å². The van der Waals surface area contributed by atoms with Crippen LogP contribution >= 0.6 is 0 Å². The van der Waals surface area contributed by atoms with Crippen molar-refractivity contribution in [3.05, 3.63) is 60.3 Å². The number of hydrogen-bond donors (Lipinski definition) is 1. The van der Waals surface area contributed by atoms with E-state index in [1.807, 2.05) is 0 Å². The Morgan fingerprint density at radius 2 is 1.87 bits per heavy atom. The summed E-state index contributed by atoms with van der Waals surface area (Å²) in [4.78, 5) is 4.25. The van der Waals surface area contributed by atoms with Gasteiger partial charge in [0, 0.05) is 11.6 Å². The van der Waals surface area contributed by atoms with Gasteiger partial charge in [-0.05, 0) is 29.8 Å². The van der Waals surface area contributed by atoms with Gasteiger partial charge in [-0.15, -0.1) is 0 Å². The smallest absolute Gasteiger partial charge is 0.186 e. The van der Waals surface area contributed by atoms with E-state index in [1.54, 1.807) is 42.6 Å². The highest BCUT2D eigenvalue weighted by atomic mass is 32.2. The van der Waals surface area contributed by atoms with E-state index in [-0.39, 0.29) is 16.4 Å². The summed E-state index contributed by atoms with van der Waals surface area (Å²) in [5.74, 6) is 0.142. The number of ether oxygens (including phenoxy) is 1. The Hall–Kier alpha value is -2.60. The van der Waals surface area contributed by atoms with Gasteiger partial charge in [0.15, 0.2) is 9.84 Å². The number of para-hydroxylation sites is 1. The first-order chi connectivity index (χ1) is 11.0. The van der Waals surface area contributed by atoms with Crippen LogP contribution in [0, 0.1) is 0 Å². The van der Waals surface area contributed by atoms with Crippen molar-refractivity contribution in [1.29, 1.82) is 0 Å². The van der Waals surface area contributed by atoms with E-state index in [9.17, 15) is 13.5 Å². The number of aromatic hydroxyl groups is 1. The molecule has 0 spiro atoms. The Kier molecular flexibility index (Phi) is 3.92. The van der Waals surface area contributed by atoms with Gasteiger partial charge in [-0.3, -0.25) is 4.98 Å². The maximum Gasteiger partial charge on any atom is 0.186 e. The number of sulfone groups is 1. The first-order valence-electron chi connectivity index (χ1n) is 6.94. The van der Waals surface area contributed by atoms with Crippen molar-refractivity contribution in [2.45, 2.75) is 10.6 Å². The van der Waals surface area contributed by atoms with Crippen LogP contribution < -0.4 is 4.74 Å². The van der Waals surface area contributed by atoms with Crippen LogP contribution in [-0.2, 0) is 15.6 Å². The number of methoxy groups -OCH3 is 1. The minimum atomic E-state index is -3.59. The maximum atomic E-state index is 12.7. The monoisotopic (exact) mass is 329 g/mol. The zero-order valence-electron chi connectivity index (χ0n) is 12.4. The third-order valence-electron chi connectivity index (χ3n) is 3.59. The summed E-state index contributed by atoms with van der Waals surface area (Å²) in [6, 6.07) is 13.0. The second-order valence-corrected chi connectivity index (χ2v) is 7.01. The molecule has 0 atom stereocenters. The number of nitrogens with zero attached hydrogens (tertiary/aromatic N) is 1. The Labute approximate surface area is 134 Å². The average Bonchev–Trinajstić information content (AvgIpc) is 2.57. The van der Waals surface area contributed by atoms with Gasteiger partial charge in [0.2, 0.25) is 0 Å². The molecule has 0 bridgehead atoms. The number of pyridine rings is 1. The second-order valence-electron chi connectivity index (χ2n) is 5.05. The molecule has 0 unspecified atom stereocenters. The topological polar surface area (TPSA) is 76.5 Å². The molecule has 3 aromatic rings. The molecule has 118 valence electrons. The van der Waals surface area contributed by atoms with E-state index in [0.717, 1.165) is 0 Å². The highest BCUT2D eigenvalue weighted by Crippen LogP contribution is 2.30. The van der Waals surface area contributed by atoms with Crippen molar-refractivity contribution in [2.75, 3.05) is 7.11 Å². The lowest BCUT2D eigenvalue weighted by Gasteiger charge is -2.11. The quantitative estimate of drug-likeness (QED) is 0.796. The van der Waals surface area contributed by atoms with Gasteiger partial charge < -0.3 is 9.84 Å². The minimum Gasteiger partial charge on any atom is -0.506 e. The number of fused-ring (bicyclic) bond motifs is 1. The Balaban J connectivity index is 2.10. The fraction of sp³-hybridized carbons (Fsp3) is 0.118. The van der Waals surface area contributed by atoms with E-state index >= 15 is 0 Å². The van der Waals surface area contributed by atoms with Gasteiger partial charge >= 0.3 is 0 Å². The fourth-order valence-electron chi connectivity index (χ4n) is 2.50. The fourth-order valence-corrected chi connectivity index (χ4v) is 4.06. The molecule has 0 saturated heterocycles. The van der Waals surface area contributed by atoms with Crippen molar-refractivity contribution < 1.29 is 18.3 Å². The van der Waals surface area contributed by atoms with Crippen LogP contribution in [0.25, 0.3) is 10.9 Å². The highest BCUT2D eigenvalue weighted by molar-refractivity contribution is 7.90. The lowest BCUT2D eigenvalue weighted by molar-refractivity contribution is 0.402. The molecule has 23 heavy (non-hydrogen) atoms. The number of benzene rings is 2. The average molecular weight is 329 g/mol. The van der Waals surface area contributed by atoms with Crippen molar-refractivity contribution >= 4 is 20.7 Å². The van der Waals surface area contributed by atoms with Gasteiger partial charge in [-0.25, -0.2) is 8.42 Å². The first-order valence-corrected chi connectivity index (χ1v) is 8.59. The molecule has 6 heteroatoms. The summed E-state index contributed by atoms with van der Waals surface area (Å²) in [7, 11) is -2.16. The largest absolute Gasteiger partial charge is 0.506 e. The molecule has 1 heterocycles. The first kappa shape index (κ1) is 15.3. The normalized spacial score (nSPS) is 11.5. The van der Waals surface area contributed by atoms with Gasteiger partial charge in [-0.1, -0.05) is 24.3 Å². The molecule has 0 aliphatic carbocycles. The zero-order chi connectivity index (χ0) is 16.4. The summed E-state index contributed by atoms with van der Waals surface area (Å²) in [5.41, 5.74) is 0.969. The van der Waals surface area contributed by atoms with Crippen molar-refractivity contribution in [1.82, 2.24) is 4.98 Å². The predicted octanol–water partition coefficient (Wildman–Crippen LogP) is 2.92. The lowest BCUT2D eigenvalue weighted by Crippen LogP contribution is -2.07. The van der Waals surface area contributed by atoms with Crippen LogP contribution in [0.15, 0.2) is 59.6 Å². The third kappa shape index (κ3) is 2.85. The highest BCUT2D eigenvalue weighted by Gasteiger charge is 2.21. The van der Waals surface area contributed by atoms with E-state index in [4.69, 9.17) is 4.74 Å². The van der Waals surface area contributed by atoms with Crippen LogP contribution in [0.5, 0.6) is 11.5 Å². The SMILES string of the molecule is COc1ccccc1S(=O)(=O)Cc1ccc(O)c2ncccc12. The molecule has 0 saturated carbocycles. The van der Waals surface area contributed by atoms with Gasteiger partial charge in [0.25, 0.3) is 0 Å². The maximum absolute atomic E-state index is 12.7. The van der Waals surface area contributed by atoms with Crippen LogP contribution in [0.4, 0.5) is 0 Å². The number of phenolic OH excluding ortho intramolecular Hbond substituents is 1. The number of rotatable bonds is 4. The Bertz CT molecular complexity index is 967. The molecular formula is C17H15NO4S. The summed E-state index contributed by atoms with van der Waals surface area (Å²) in [6.45, 7) is 0. The third-order valence-corrected chi connectivity index (χ3v) is 5.29.